The van der Waals surface area contributed by atoms with Gasteiger partial charge < -0.3 is 5.32 Å². The highest BCUT2D eigenvalue weighted by Crippen LogP contribution is 2.33. The van der Waals surface area contributed by atoms with Gasteiger partial charge in [-0.1, -0.05) is 12.1 Å². The normalized spacial score (nSPS) is 14.5. The number of aromatic nitrogens is 1. The molecule has 0 atom stereocenters. The van der Waals surface area contributed by atoms with E-state index in [9.17, 15) is 0 Å². The van der Waals surface area contributed by atoms with Gasteiger partial charge in [0.2, 0.25) is 0 Å². The van der Waals surface area contributed by atoms with Crippen molar-refractivity contribution in [3.8, 4) is 11.1 Å². The standard InChI is InChI=1S/C17H20N2/c1-11-9-12(2)18-10-16(11)15-5-4-6-17(13(15)3)19-14-7-8-14/h4-6,9-10,14,19H,7-8H2,1-3H3. The summed E-state index contributed by atoms with van der Waals surface area (Å²) < 4.78 is 0. The van der Waals surface area contributed by atoms with Crippen molar-refractivity contribution in [3.05, 3.63) is 47.3 Å². The van der Waals surface area contributed by atoms with Gasteiger partial charge in [0.15, 0.2) is 0 Å². The van der Waals surface area contributed by atoms with Gasteiger partial charge >= 0.3 is 0 Å². The van der Waals surface area contributed by atoms with Gasteiger partial charge in [0, 0.05) is 29.2 Å². The van der Waals surface area contributed by atoms with Crippen molar-refractivity contribution in [1.29, 1.82) is 0 Å². The molecule has 19 heavy (non-hydrogen) atoms. The number of anilines is 1. The zero-order chi connectivity index (χ0) is 13.4. The fourth-order valence-electron chi connectivity index (χ4n) is 2.51. The minimum atomic E-state index is 0.686. The minimum absolute atomic E-state index is 0.686. The Morgan fingerprint density at radius 1 is 1.11 bits per heavy atom. The molecule has 0 aliphatic heterocycles. The molecule has 1 aliphatic rings. The van der Waals surface area contributed by atoms with E-state index < -0.39 is 0 Å². The van der Waals surface area contributed by atoms with Crippen molar-refractivity contribution in [2.45, 2.75) is 39.7 Å². The topological polar surface area (TPSA) is 24.9 Å². The average Bonchev–Trinajstić information content (AvgIpc) is 3.17. The van der Waals surface area contributed by atoms with Crippen LogP contribution in [0.15, 0.2) is 30.5 Å². The number of hydrogen-bond acceptors (Lipinski definition) is 2. The molecule has 3 rings (SSSR count). The van der Waals surface area contributed by atoms with Gasteiger partial charge in [-0.25, -0.2) is 0 Å². The fourth-order valence-corrected chi connectivity index (χ4v) is 2.51. The Hall–Kier alpha value is -1.83. The lowest BCUT2D eigenvalue weighted by Gasteiger charge is -2.14. The smallest absolute Gasteiger partial charge is 0.0378 e. The molecule has 0 amide bonds. The van der Waals surface area contributed by atoms with Crippen LogP contribution in [-0.4, -0.2) is 11.0 Å². The summed E-state index contributed by atoms with van der Waals surface area (Å²) >= 11 is 0. The fraction of sp³-hybridized carbons (Fsp3) is 0.353. The lowest BCUT2D eigenvalue weighted by molar-refractivity contribution is 1.14. The van der Waals surface area contributed by atoms with Gasteiger partial charge in [0.1, 0.15) is 0 Å². The quantitative estimate of drug-likeness (QED) is 0.883. The number of pyridine rings is 1. The van der Waals surface area contributed by atoms with Gasteiger partial charge in [0.05, 0.1) is 0 Å². The first-order valence-corrected chi connectivity index (χ1v) is 6.95. The molecular weight excluding hydrogens is 232 g/mol. The summed E-state index contributed by atoms with van der Waals surface area (Å²) in [4.78, 5) is 4.44. The maximum absolute atomic E-state index is 4.44. The molecule has 0 radical (unpaired) electrons. The Balaban J connectivity index is 2.03. The molecule has 1 aromatic carbocycles. The second kappa shape index (κ2) is 4.69. The van der Waals surface area contributed by atoms with Gasteiger partial charge in [0.25, 0.3) is 0 Å². The van der Waals surface area contributed by atoms with E-state index in [0.29, 0.717) is 6.04 Å². The van der Waals surface area contributed by atoms with Crippen molar-refractivity contribution in [3.63, 3.8) is 0 Å². The zero-order valence-electron chi connectivity index (χ0n) is 11.8. The third kappa shape index (κ3) is 2.48. The van der Waals surface area contributed by atoms with Crippen LogP contribution in [-0.2, 0) is 0 Å². The summed E-state index contributed by atoms with van der Waals surface area (Å²) in [7, 11) is 0. The molecule has 1 N–H and O–H groups in total. The number of aryl methyl sites for hydroxylation is 2. The zero-order valence-corrected chi connectivity index (χ0v) is 11.8. The van der Waals surface area contributed by atoms with Crippen molar-refractivity contribution in [2.24, 2.45) is 0 Å². The first kappa shape index (κ1) is 12.2. The van der Waals surface area contributed by atoms with Gasteiger partial charge in [-0.15, -0.1) is 0 Å². The van der Waals surface area contributed by atoms with Crippen molar-refractivity contribution in [2.75, 3.05) is 5.32 Å². The summed E-state index contributed by atoms with van der Waals surface area (Å²) in [5.74, 6) is 0. The van der Waals surface area contributed by atoms with E-state index >= 15 is 0 Å². The predicted octanol–water partition coefficient (Wildman–Crippen LogP) is 4.25. The molecule has 1 aliphatic carbocycles. The summed E-state index contributed by atoms with van der Waals surface area (Å²) in [6.07, 6.45) is 4.59. The van der Waals surface area contributed by atoms with E-state index in [-0.39, 0.29) is 0 Å². The molecule has 1 fully saturated rings. The van der Waals surface area contributed by atoms with Gasteiger partial charge in [-0.05, 0) is 62.4 Å². The van der Waals surface area contributed by atoms with E-state index in [1.165, 1.54) is 40.8 Å². The third-order valence-corrected chi connectivity index (χ3v) is 3.81. The number of rotatable bonds is 3. The number of nitrogens with one attached hydrogen (secondary N) is 1. The molecule has 1 saturated carbocycles. The summed E-state index contributed by atoms with van der Waals surface area (Å²) in [5.41, 5.74) is 7.48. The van der Waals surface area contributed by atoms with Crippen LogP contribution in [0.3, 0.4) is 0 Å². The van der Waals surface area contributed by atoms with Crippen LogP contribution in [0.25, 0.3) is 11.1 Å². The molecule has 0 bridgehead atoms. The van der Waals surface area contributed by atoms with Crippen LogP contribution in [0, 0.1) is 20.8 Å². The van der Waals surface area contributed by atoms with E-state index in [1.54, 1.807) is 0 Å². The van der Waals surface area contributed by atoms with E-state index in [4.69, 9.17) is 0 Å². The second-order valence-corrected chi connectivity index (χ2v) is 5.54. The number of benzene rings is 1. The van der Waals surface area contributed by atoms with E-state index in [2.05, 4.69) is 48.4 Å². The summed E-state index contributed by atoms with van der Waals surface area (Å²) in [6.45, 7) is 6.39. The Bertz CT molecular complexity index is 613. The molecule has 2 heteroatoms. The Morgan fingerprint density at radius 2 is 1.89 bits per heavy atom. The largest absolute Gasteiger partial charge is 0.382 e. The number of nitrogens with zero attached hydrogens (tertiary/aromatic N) is 1. The Labute approximate surface area is 114 Å². The monoisotopic (exact) mass is 252 g/mol. The first-order valence-electron chi connectivity index (χ1n) is 6.95. The average molecular weight is 252 g/mol. The highest BCUT2D eigenvalue weighted by Gasteiger charge is 2.21. The lowest BCUT2D eigenvalue weighted by atomic mass is 9.97. The van der Waals surface area contributed by atoms with Gasteiger partial charge in [-0.3, -0.25) is 4.98 Å². The second-order valence-electron chi connectivity index (χ2n) is 5.54. The van der Waals surface area contributed by atoms with Crippen LogP contribution in [0.4, 0.5) is 5.69 Å². The number of hydrogen-bond donors (Lipinski definition) is 1. The molecule has 0 saturated heterocycles. The molecule has 0 unspecified atom stereocenters. The van der Waals surface area contributed by atoms with E-state index in [0.717, 1.165) is 5.69 Å². The lowest BCUT2D eigenvalue weighted by Crippen LogP contribution is -2.03. The molecular formula is C17H20N2. The first-order chi connectivity index (χ1) is 9.15. The summed E-state index contributed by atoms with van der Waals surface area (Å²) in [6, 6.07) is 9.33. The highest BCUT2D eigenvalue weighted by atomic mass is 15.0. The molecule has 1 aromatic heterocycles. The van der Waals surface area contributed by atoms with Crippen LogP contribution in [0.5, 0.6) is 0 Å². The van der Waals surface area contributed by atoms with Gasteiger partial charge in [-0.2, -0.15) is 0 Å². The maximum Gasteiger partial charge on any atom is 0.0378 e. The van der Waals surface area contributed by atoms with Crippen molar-refractivity contribution < 1.29 is 0 Å². The molecule has 2 nitrogen and oxygen atoms in total. The highest BCUT2D eigenvalue weighted by molar-refractivity contribution is 5.75. The Kier molecular flexibility index (Phi) is 3.02. The third-order valence-electron chi connectivity index (χ3n) is 3.81. The summed E-state index contributed by atoms with van der Waals surface area (Å²) in [5, 5.41) is 3.60. The SMILES string of the molecule is Cc1cc(C)c(-c2cccc(NC3CC3)c2C)cn1. The molecule has 0 spiro atoms. The maximum atomic E-state index is 4.44. The van der Waals surface area contributed by atoms with Crippen molar-refractivity contribution in [1.82, 2.24) is 4.98 Å². The van der Waals surface area contributed by atoms with Crippen LogP contribution in [0.1, 0.15) is 29.7 Å². The van der Waals surface area contributed by atoms with Crippen LogP contribution in [0.2, 0.25) is 0 Å². The predicted molar refractivity (Wildman–Crippen MR) is 80.5 cm³/mol. The van der Waals surface area contributed by atoms with Crippen LogP contribution >= 0.6 is 0 Å². The minimum Gasteiger partial charge on any atom is -0.382 e. The molecule has 1 heterocycles. The Morgan fingerprint density at radius 3 is 2.58 bits per heavy atom. The van der Waals surface area contributed by atoms with Crippen LogP contribution < -0.4 is 5.32 Å². The van der Waals surface area contributed by atoms with Crippen molar-refractivity contribution >= 4 is 5.69 Å². The van der Waals surface area contributed by atoms with E-state index in [1.807, 2.05) is 13.1 Å². The molecule has 2 aromatic rings. The molecule has 98 valence electrons.